The first-order valence-corrected chi connectivity index (χ1v) is 5.82. The second-order valence-electron chi connectivity index (χ2n) is 3.72. The van der Waals surface area contributed by atoms with Crippen LogP contribution in [0.25, 0.3) is 0 Å². The van der Waals surface area contributed by atoms with Gasteiger partial charge in [-0.3, -0.25) is 4.79 Å². The van der Waals surface area contributed by atoms with Gasteiger partial charge in [0.25, 0.3) is 0 Å². The molecule has 0 radical (unpaired) electrons. The van der Waals surface area contributed by atoms with Crippen molar-refractivity contribution in [3.63, 3.8) is 0 Å². The van der Waals surface area contributed by atoms with Gasteiger partial charge in [0, 0.05) is 19.2 Å². The minimum absolute atomic E-state index is 0.230. The number of rotatable bonds is 6. The molecule has 0 N–H and O–H groups in total. The molecule has 0 aromatic carbocycles. The van der Waals surface area contributed by atoms with E-state index in [0.717, 1.165) is 12.4 Å². The highest BCUT2D eigenvalue weighted by Crippen LogP contribution is 2.17. The van der Waals surface area contributed by atoms with Gasteiger partial charge in [-0.2, -0.15) is 4.98 Å². The van der Waals surface area contributed by atoms with Gasteiger partial charge in [-0.05, 0) is 13.8 Å². The van der Waals surface area contributed by atoms with E-state index in [1.165, 1.54) is 7.11 Å². The molecule has 1 aromatic heterocycles. The molecule has 1 rings (SSSR count). The Kier molecular flexibility index (Phi) is 5.35. The monoisotopic (exact) mass is 253 g/mol. The van der Waals surface area contributed by atoms with Crippen LogP contribution in [0.15, 0.2) is 6.07 Å². The highest BCUT2D eigenvalue weighted by atomic mass is 16.5. The van der Waals surface area contributed by atoms with Crippen molar-refractivity contribution >= 4 is 11.8 Å². The molecule has 0 amide bonds. The molecule has 0 unspecified atom stereocenters. The molecule has 18 heavy (non-hydrogen) atoms. The third kappa shape index (κ3) is 3.87. The molecule has 6 nitrogen and oxygen atoms in total. The molecule has 0 fully saturated rings. The van der Waals surface area contributed by atoms with Gasteiger partial charge < -0.3 is 14.4 Å². The average Bonchev–Trinajstić information content (AvgIpc) is 2.38. The van der Waals surface area contributed by atoms with Gasteiger partial charge in [0.1, 0.15) is 11.6 Å². The fraction of sp³-hybridized carbons (Fsp3) is 0.583. The predicted molar refractivity (Wildman–Crippen MR) is 67.8 cm³/mol. The van der Waals surface area contributed by atoms with E-state index < -0.39 is 0 Å². The van der Waals surface area contributed by atoms with Crippen molar-refractivity contribution in [3.05, 3.63) is 11.9 Å². The second-order valence-corrected chi connectivity index (χ2v) is 3.72. The normalized spacial score (nSPS) is 10.0. The molecular formula is C12H19N3O3. The Labute approximate surface area is 107 Å². The maximum Gasteiger partial charge on any atom is 0.307 e. The van der Waals surface area contributed by atoms with E-state index in [9.17, 15) is 4.79 Å². The quantitative estimate of drug-likeness (QED) is 0.709. The molecular weight excluding hydrogens is 234 g/mol. The number of carbonyl (C=O) groups is 1. The van der Waals surface area contributed by atoms with Gasteiger partial charge >= 0.3 is 5.97 Å². The van der Waals surface area contributed by atoms with Crippen LogP contribution in [0.1, 0.15) is 19.2 Å². The Morgan fingerprint density at radius 2 is 2.11 bits per heavy atom. The fourth-order valence-electron chi connectivity index (χ4n) is 1.55. The lowest BCUT2D eigenvalue weighted by molar-refractivity contribution is -0.140. The number of aromatic nitrogens is 2. The largest absolute Gasteiger partial charge is 0.481 e. The number of esters is 1. The molecule has 6 heteroatoms. The number of nitrogens with zero attached hydrogens (tertiary/aromatic N) is 3. The Hall–Kier alpha value is -1.85. The van der Waals surface area contributed by atoms with Crippen molar-refractivity contribution in [1.82, 2.24) is 9.97 Å². The third-order valence-corrected chi connectivity index (χ3v) is 2.53. The Morgan fingerprint density at radius 1 is 1.39 bits per heavy atom. The van der Waals surface area contributed by atoms with Crippen LogP contribution in [0.2, 0.25) is 0 Å². The maximum absolute atomic E-state index is 11.1. The van der Waals surface area contributed by atoms with Crippen LogP contribution >= 0.6 is 0 Å². The zero-order valence-corrected chi connectivity index (χ0v) is 11.3. The van der Waals surface area contributed by atoms with Crippen molar-refractivity contribution in [2.45, 2.75) is 20.3 Å². The third-order valence-electron chi connectivity index (χ3n) is 2.53. The summed E-state index contributed by atoms with van der Waals surface area (Å²) in [7, 11) is 2.95. The number of hydrogen-bond acceptors (Lipinski definition) is 6. The lowest BCUT2D eigenvalue weighted by Gasteiger charge is -2.21. The number of carbonyl (C=O) groups excluding carboxylic acids is 1. The predicted octanol–water partition coefficient (Wildman–Crippen LogP) is 1.18. The first-order chi connectivity index (χ1) is 8.60. The summed E-state index contributed by atoms with van der Waals surface area (Å²) in [5.41, 5.74) is 0. The highest BCUT2D eigenvalue weighted by molar-refractivity contribution is 5.69. The van der Waals surface area contributed by atoms with Gasteiger partial charge in [-0.1, -0.05) is 0 Å². The lowest BCUT2D eigenvalue weighted by Crippen LogP contribution is -2.27. The SMILES string of the molecule is CCN(CCC(=O)OC)c1cc(OC)nc(C)n1. The topological polar surface area (TPSA) is 64.6 Å². The second kappa shape index (κ2) is 6.78. The average molecular weight is 253 g/mol. The lowest BCUT2D eigenvalue weighted by atomic mass is 10.3. The van der Waals surface area contributed by atoms with Gasteiger partial charge in [0.05, 0.1) is 20.6 Å². The zero-order chi connectivity index (χ0) is 13.5. The molecule has 0 aliphatic carbocycles. The van der Waals surface area contributed by atoms with E-state index in [-0.39, 0.29) is 5.97 Å². The van der Waals surface area contributed by atoms with E-state index in [4.69, 9.17) is 4.74 Å². The Morgan fingerprint density at radius 3 is 2.67 bits per heavy atom. The molecule has 1 aromatic rings. The minimum Gasteiger partial charge on any atom is -0.481 e. The first-order valence-electron chi connectivity index (χ1n) is 5.82. The van der Waals surface area contributed by atoms with Crippen molar-refractivity contribution in [1.29, 1.82) is 0 Å². The molecule has 100 valence electrons. The van der Waals surface area contributed by atoms with Crippen LogP contribution in [0.3, 0.4) is 0 Å². The molecule has 1 heterocycles. The van der Waals surface area contributed by atoms with Gasteiger partial charge in [-0.25, -0.2) is 4.98 Å². The summed E-state index contributed by atoms with van der Waals surface area (Å²) in [5, 5.41) is 0. The summed E-state index contributed by atoms with van der Waals surface area (Å²) in [6, 6.07) is 1.76. The van der Waals surface area contributed by atoms with Gasteiger partial charge in [-0.15, -0.1) is 0 Å². The molecule has 0 bridgehead atoms. The van der Waals surface area contributed by atoms with Crippen LogP contribution in [-0.2, 0) is 9.53 Å². The Balaban J connectivity index is 2.80. The van der Waals surface area contributed by atoms with E-state index in [1.807, 2.05) is 11.8 Å². The molecule has 0 aliphatic heterocycles. The van der Waals surface area contributed by atoms with E-state index in [1.54, 1.807) is 20.1 Å². The van der Waals surface area contributed by atoms with Crippen molar-refractivity contribution in [3.8, 4) is 5.88 Å². The summed E-state index contributed by atoms with van der Waals surface area (Å²) in [5.74, 6) is 1.69. The summed E-state index contributed by atoms with van der Waals surface area (Å²) in [6.07, 6.45) is 0.329. The zero-order valence-electron chi connectivity index (χ0n) is 11.3. The smallest absolute Gasteiger partial charge is 0.307 e. The standard InChI is InChI=1S/C12H19N3O3/c1-5-15(7-6-12(16)18-4)10-8-11(17-3)14-9(2)13-10/h8H,5-7H2,1-4H3. The first kappa shape index (κ1) is 14.2. The van der Waals surface area contributed by atoms with Crippen molar-refractivity contribution < 1.29 is 14.3 Å². The number of hydrogen-bond donors (Lipinski definition) is 0. The highest BCUT2D eigenvalue weighted by Gasteiger charge is 2.11. The molecule has 0 atom stereocenters. The summed E-state index contributed by atoms with van der Waals surface area (Å²) < 4.78 is 9.73. The minimum atomic E-state index is -0.230. The number of methoxy groups -OCH3 is 2. The van der Waals surface area contributed by atoms with E-state index in [0.29, 0.717) is 24.7 Å². The number of anilines is 1. The summed E-state index contributed by atoms with van der Waals surface area (Å²) in [6.45, 7) is 5.11. The fourth-order valence-corrected chi connectivity index (χ4v) is 1.55. The number of aryl methyl sites for hydroxylation is 1. The summed E-state index contributed by atoms with van der Waals surface area (Å²) >= 11 is 0. The van der Waals surface area contributed by atoms with Gasteiger partial charge in [0.15, 0.2) is 0 Å². The molecule has 0 aliphatic rings. The molecule has 0 saturated heterocycles. The molecule has 0 spiro atoms. The van der Waals surface area contributed by atoms with Crippen molar-refractivity contribution in [2.24, 2.45) is 0 Å². The Bertz CT molecular complexity index is 410. The van der Waals surface area contributed by atoms with E-state index >= 15 is 0 Å². The maximum atomic E-state index is 11.1. The van der Waals surface area contributed by atoms with Crippen LogP contribution in [0.4, 0.5) is 5.82 Å². The van der Waals surface area contributed by atoms with Crippen LogP contribution in [0.5, 0.6) is 5.88 Å². The van der Waals surface area contributed by atoms with Crippen LogP contribution < -0.4 is 9.64 Å². The number of ether oxygens (including phenoxy) is 2. The van der Waals surface area contributed by atoms with Crippen LogP contribution in [-0.4, -0.2) is 43.2 Å². The summed E-state index contributed by atoms with van der Waals surface area (Å²) in [4.78, 5) is 21.6. The van der Waals surface area contributed by atoms with Crippen LogP contribution in [0, 0.1) is 6.92 Å². The van der Waals surface area contributed by atoms with E-state index in [2.05, 4.69) is 14.7 Å². The van der Waals surface area contributed by atoms with Gasteiger partial charge in [0.2, 0.25) is 5.88 Å². The van der Waals surface area contributed by atoms with Crippen molar-refractivity contribution in [2.75, 3.05) is 32.2 Å². The molecule has 0 saturated carbocycles.